The van der Waals surface area contributed by atoms with E-state index in [1.165, 1.54) is 18.2 Å². The minimum atomic E-state index is -3.83. The van der Waals surface area contributed by atoms with Gasteiger partial charge in [-0.15, -0.1) is 12.4 Å². The fourth-order valence-electron chi connectivity index (χ4n) is 2.90. The van der Waals surface area contributed by atoms with Crippen LogP contribution in [0.1, 0.15) is 33.1 Å². The molecule has 9 heteroatoms. The Morgan fingerprint density at radius 1 is 1.46 bits per heavy atom. The molecule has 1 fully saturated rings. The Morgan fingerprint density at radius 2 is 2.15 bits per heavy atom. The minimum Gasteiger partial charge on any atom is -0.340 e. The largest absolute Gasteiger partial charge is 0.340 e. The number of sulfonamides is 1. The van der Waals surface area contributed by atoms with Gasteiger partial charge in [0.1, 0.15) is 5.82 Å². The zero-order valence-corrected chi connectivity index (χ0v) is 16.7. The molecule has 0 aromatic heterocycles. The fraction of sp³-hybridized carbons (Fsp3) is 0.588. The highest BCUT2D eigenvalue weighted by Crippen LogP contribution is 2.17. The normalized spacial score (nSPS) is 20.2. The molecule has 26 heavy (non-hydrogen) atoms. The number of carbonyl (C=O) groups is 1. The quantitative estimate of drug-likeness (QED) is 0.753. The summed E-state index contributed by atoms with van der Waals surface area (Å²) in [5, 5.41) is 0. The van der Waals surface area contributed by atoms with E-state index in [0.717, 1.165) is 12.5 Å². The van der Waals surface area contributed by atoms with Gasteiger partial charge in [-0.05, 0) is 37.0 Å². The van der Waals surface area contributed by atoms with Crippen LogP contribution in [0, 0.1) is 11.7 Å². The number of hydrogen-bond acceptors (Lipinski definition) is 4. The summed E-state index contributed by atoms with van der Waals surface area (Å²) in [6.07, 6.45) is 2.11. The predicted octanol–water partition coefficient (Wildman–Crippen LogP) is 1.89. The average Bonchev–Trinajstić information content (AvgIpc) is 2.59. The molecule has 0 bridgehead atoms. The molecule has 1 aliphatic rings. The molecule has 3 atom stereocenters. The van der Waals surface area contributed by atoms with E-state index in [-0.39, 0.29) is 35.7 Å². The summed E-state index contributed by atoms with van der Waals surface area (Å²) in [5.74, 6) is -0.691. The third-order valence-electron chi connectivity index (χ3n) is 4.70. The third-order valence-corrected chi connectivity index (χ3v) is 6.22. The Morgan fingerprint density at radius 3 is 2.77 bits per heavy atom. The summed E-state index contributed by atoms with van der Waals surface area (Å²) in [6, 6.07) is 3.88. The van der Waals surface area contributed by atoms with Crippen LogP contribution in [0.5, 0.6) is 0 Å². The molecule has 1 amide bonds. The summed E-state index contributed by atoms with van der Waals surface area (Å²) in [7, 11) is -3.83. The molecule has 3 unspecified atom stereocenters. The van der Waals surface area contributed by atoms with E-state index in [9.17, 15) is 17.6 Å². The molecule has 2 rings (SSSR count). The Bertz CT molecular complexity index is 717. The summed E-state index contributed by atoms with van der Waals surface area (Å²) in [6.45, 7) is 4.75. The van der Waals surface area contributed by atoms with Crippen LogP contribution in [-0.4, -0.2) is 44.4 Å². The lowest BCUT2D eigenvalue weighted by molar-refractivity contribution is -0.135. The van der Waals surface area contributed by atoms with Gasteiger partial charge in [0.15, 0.2) is 0 Å². The van der Waals surface area contributed by atoms with Gasteiger partial charge in [-0.1, -0.05) is 26.3 Å². The van der Waals surface area contributed by atoms with E-state index in [4.69, 9.17) is 5.73 Å². The topological polar surface area (TPSA) is 92.5 Å². The van der Waals surface area contributed by atoms with Crippen LogP contribution in [0.2, 0.25) is 0 Å². The third kappa shape index (κ3) is 5.64. The van der Waals surface area contributed by atoms with Gasteiger partial charge < -0.3 is 10.6 Å². The van der Waals surface area contributed by atoms with Gasteiger partial charge in [0.25, 0.3) is 0 Å². The van der Waals surface area contributed by atoms with Crippen molar-refractivity contribution in [2.45, 2.75) is 50.1 Å². The van der Waals surface area contributed by atoms with Crippen molar-refractivity contribution in [3.8, 4) is 0 Å². The molecule has 148 valence electrons. The highest BCUT2D eigenvalue weighted by atomic mass is 35.5. The Hall–Kier alpha value is -1.22. The monoisotopic (exact) mass is 407 g/mol. The Balaban J connectivity index is 0.00000338. The zero-order chi connectivity index (χ0) is 18.6. The average molecular weight is 408 g/mol. The summed E-state index contributed by atoms with van der Waals surface area (Å²) >= 11 is 0. The molecule has 6 nitrogen and oxygen atoms in total. The van der Waals surface area contributed by atoms with Crippen molar-refractivity contribution in [2.75, 3.05) is 13.1 Å². The second-order valence-electron chi connectivity index (χ2n) is 6.61. The van der Waals surface area contributed by atoms with Crippen LogP contribution < -0.4 is 10.5 Å². The van der Waals surface area contributed by atoms with E-state index in [1.54, 1.807) is 4.90 Å². The maximum absolute atomic E-state index is 13.3. The van der Waals surface area contributed by atoms with Gasteiger partial charge in [0.2, 0.25) is 15.9 Å². The predicted molar refractivity (Wildman–Crippen MR) is 101 cm³/mol. The molecule has 0 radical (unpaired) electrons. The Kier molecular flexibility index (Phi) is 8.46. The maximum Gasteiger partial charge on any atom is 0.240 e. The molecule has 1 aromatic carbocycles. The van der Waals surface area contributed by atoms with Crippen molar-refractivity contribution in [2.24, 2.45) is 11.7 Å². The fourth-order valence-corrected chi connectivity index (χ4v) is 4.20. The van der Waals surface area contributed by atoms with Gasteiger partial charge in [0.05, 0.1) is 10.9 Å². The number of rotatable bonds is 6. The number of nitrogens with one attached hydrogen (secondary N) is 1. The highest BCUT2D eigenvalue weighted by molar-refractivity contribution is 7.89. The van der Waals surface area contributed by atoms with Crippen LogP contribution in [0.4, 0.5) is 4.39 Å². The van der Waals surface area contributed by atoms with E-state index in [1.807, 2.05) is 13.8 Å². The van der Waals surface area contributed by atoms with E-state index < -0.39 is 27.9 Å². The van der Waals surface area contributed by atoms with E-state index in [2.05, 4.69) is 4.72 Å². The second-order valence-corrected chi connectivity index (χ2v) is 8.33. The molecule has 1 heterocycles. The molecule has 3 N–H and O–H groups in total. The van der Waals surface area contributed by atoms with Crippen LogP contribution in [0.3, 0.4) is 0 Å². The number of likely N-dealkylation sites (tertiary alicyclic amines) is 1. The van der Waals surface area contributed by atoms with Gasteiger partial charge in [-0.25, -0.2) is 17.5 Å². The molecule has 0 spiro atoms. The molecule has 0 saturated carbocycles. The van der Waals surface area contributed by atoms with Crippen molar-refractivity contribution in [1.29, 1.82) is 0 Å². The van der Waals surface area contributed by atoms with Gasteiger partial charge in [-0.3, -0.25) is 4.79 Å². The molecule has 1 aliphatic heterocycles. The first kappa shape index (κ1) is 22.8. The van der Waals surface area contributed by atoms with Crippen LogP contribution in [0.15, 0.2) is 29.2 Å². The summed E-state index contributed by atoms with van der Waals surface area (Å²) in [4.78, 5) is 14.0. The van der Waals surface area contributed by atoms with Gasteiger partial charge in [-0.2, -0.15) is 0 Å². The van der Waals surface area contributed by atoms with Crippen molar-refractivity contribution in [3.63, 3.8) is 0 Å². The Labute approximate surface area is 160 Å². The standard InChI is InChI=1S/C17H26FN3O3S.ClH/c1-3-12(2)16(19)17(22)21-9-5-7-14(11-21)20-25(23,24)15-8-4-6-13(18)10-15;/h4,6,8,10,12,14,16,20H,3,5,7,9,11,19H2,1-2H3;1H. The van der Waals surface area contributed by atoms with Gasteiger partial charge in [0, 0.05) is 19.1 Å². The number of amides is 1. The first-order chi connectivity index (χ1) is 11.7. The lowest BCUT2D eigenvalue weighted by Gasteiger charge is -2.35. The number of halogens is 2. The number of nitrogens with two attached hydrogens (primary N) is 1. The number of benzene rings is 1. The van der Waals surface area contributed by atoms with E-state index >= 15 is 0 Å². The zero-order valence-electron chi connectivity index (χ0n) is 15.0. The number of piperidine rings is 1. The highest BCUT2D eigenvalue weighted by Gasteiger charge is 2.31. The van der Waals surface area contributed by atoms with E-state index in [0.29, 0.717) is 19.4 Å². The SMILES string of the molecule is CCC(C)C(N)C(=O)N1CCCC(NS(=O)(=O)c2cccc(F)c2)C1.Cl. The number of carbonyl (C=O) groups excluding carboxylic acids is 1. The first-order valence-corrected chi connectivity index (χ1v) is 10.0. The maximum atomic E-state index is 13.3. The molecule has 1 aromatic rings. The van der Waals surface area contributed by atoms with Crippen molar-refractivity contribution in [1.82, 2.24) is 9.62 Å². The second kappa shape index (κ2) is 9.64. The number of hydrogen-bond donors (Lipinski definition) is 2. The van der Waals surface area contributed by atoms with Crippen LogP contribution in [0.25, 0.3) is 0 Å². The number of nitrogens with zero attached hydrogens (tertiary/aromatic N) is 1. The van der Waals surface area contributed by atoms with Crippen molar-refractivity contribution < 1.29 is 17.6 Å². The van der Waals surface area contributed by atoms with Crippen molar-refractivity contribution in [3.05, 3.63) is 30.1 Å². The molecular weight excluding hydrogens is 381 g/mol. The lowest BCUT2D eigenvalue weighted by Crippen LogP contribution is -2.54. The minimum absolute atomic E-state index is 0. The van der Waals surface area contributed by atoms with Gasteiger partial charge >= 0.3 is 0 Å². The van der Waals surface area contributed by atoms with Crippen LogP contribution >= 0.6 is 12.4 Å². The van der Waals surface area contributed by atoms with Crippen molar-refractivity contribution >= 4 is 28.3 Å². The smallest absolute Gasteiger partial charge is 0.240 e. The molecule has 1 saturated heterocycles. The first-order valence-electron chi connectivity index (χ1n) is 8.57. The molecular formula is C17H27ClFN3O3S. The van der Waals surface area contributed by atoms with Crippen LogP contribution in [-0.2, 0) is 14.8 Å². The summed E-state index contributed by atoms with van der Waals surface area (Å²) in [5.41, 5.74) is 6.01. The molecule has 0 aliphatic carbocycles. The lowest BCUT2D eigenvalue weighted by atomic mass is 9.97. The summed E-state index contributed by atoms with van der Waals surface area (Å²) < 4.78 is 40.7.